The Labute approximate surface area is 164 Å². The molecule has 0 aliphatic heterocycles. The first-order chi connectivity index (χ1) is 14.0. The third-order valence-corrected chi connectivity index (χ3v) is 4.69. The highest BCUT2D eigenvalue weighted by atomic mass is 19.1. The summed E-state index contributed by atoms with van der Waals surface area (Å²) in [4.78, 5) is 29.0. The lowest BCUT2D eigenvalue weighted by molar-refractivity contribution is 0.0962. The topological polar surface area (TPSA) is 90.0 Å². The Hall–Kier alpha value is -3.81. The van der Waals surface area contributed by atoms with Crippen molar-refractivity contribution in [3.8, 4) is 11.1 Å². The summed E-state index contributed by atoms with van der Waals surface area (Å²) in [5.41, 5.74) is 3.39. The monoisotopic (exact) mass is 392 g/mol. The highest BCUT2D eigenvalue weighted by molar-refractivity contribution is 5.94. The lowest BCUT2D eigenvalue weighted by atomic mass is 10.1. The average Bonchev–Trinajstić information content (AvgIpc) is 3.14. The van der Waals surface area contributed by atoms with Gasteiger partial charge in [-0.25, -0.2) is 9.37 Å². The van der Waals surface area contributed by atoms with Crippen LogP contribution in [0.15, 0.2) is 58.3 Å². The molecule has 0 aliphatic carbocycles. The predicted octanol–water partition coefficient (Wildman–Crippen LogP) is 2.91. The van der Waals surface area contributed by atoms with Crippen molar-refractivity contribution < 1.29 is 13.7 Å². The van der Waals surface area contributed by atoms with Crippen molar-refractivity contribution in [1.82, 2.24) is 20.0 Å². The number of rotatable bonds is 4. The van der Waals surface area contributed by atoms with Gasteiger partial charge in [0.05, 0.1) is 29.5 Å². The molecule has 0 atom stereocenters. The molecule has 29 heavy (non-hydrogen) atoms. The molecule has 0 bridgehead atoms. The van der Waals surface area contributed by atoms with Crippen molar-refractivity contribution in [2.24, 2.45) is 0 Å². The van der Waals surface area contributed by atoms with E-state index in [1.807, 2.05) is 6.92 Å². The van der Waals surface area contributed by atoms with E-state index in [1.165, 1.54) is 24.0 Å². The van der Waals surface area contributed by atoms with Crippen molar-refractivity contribution in [3.05, 3.63) is 82.0 Å². The van der Waals surface area contributed by atoms with E-state index in [4.69, 9.17) is 4.52 Å². The molecule has 0 aliphatic rings. The number of aromatic nitrogens is 3. The van der Waals surface area contributed by atoms with Crippen LogP contribution in [0, 0.1) is 12.7 Å². The number of nitrogens with zero attached hydrogens (tertiary/aromatic N) is 3. The molecule has 146 valence electrons. The summed E-state index contributed by atoms with van der Waals surface area (Å²) in [6.07, 6.45) is 2.96. The Morgan fingerprint density at radius 3 is 2.79 bits per heavy atom. The van der Waals surface area contributed by atoms with E-state index >= 15 is 0 Å². The quantitative estimate of drug-likeness (QED) is 0.577. The number of carbonyl (C=O) groups is 1. The largest absolute Gasteiger partial charge is 0.364 e. The molecule has 2 heterocycles. The third kappa shape index (κ3) is 3.52. The first-order valence-electron chi connectivity index (χ1n) is 8.88. The number of hydrogen-bond donors (Lipinski definition) is 1. The zero-order chi connectivity index (χ0) is 20.5. The molecule has 0 radical (unpaired) electrons. The zero-order valence-corrected chi connectivity index (χ0v) is 15.8. The molecule has 0 fully saturated rings. The van der Waals surface area contributed by atoms with Gasteiger partial charge in [0, 0.05) is 18.2 Å². The Bertz CT molecular complexity index is 1290. The molecule has 7 nitrogen and oxygen atoms in total. The van der Waals surface area contributed by atoms with Crippen LogP contribution in [0.5, 0.6) is 0 Å². The van der Waals surface area contributed by atoms with Crippen LogP contribution in [0.1, 0.15) is 21.6 Å². The van der Waals surface area contributed by atoms with Crippen molar-refractivity contribution in [2.45, 2.75) is 13.5 Å². The van der Waals surface area contributed by atoms with Crippen molar-refractivity contribution >= 4 is 16.8 Å². The molecule has 0 saturated heterocycles. The van der Waals surface area contributed by atoms with Crippen LogP contribution in [-0.4, -0.2) is 27.7 Å². The number of benzene rings is 2. The molecule has 8 heteroatoms. The molecule has 1 amide bonds. The van der Waals surface area contributed by atoms with Gasteiger partial charge in [0.25, 0.3) is 11.5 Å². The number of aryl methyl sites for hydroxylation is 1. The van der Waals surface area contributed by atoms with Crippen LogP contribution in [0.25, 0.3) is 22.0 Å². The Balaban J connectivity index is 1.72. The highest BCUT2D eigenvalue weighted by Crippen LogP contribution is 2.24. The number of amides is 1. The second-order valence-corrected chi connectivity index (χ2v) is 6.65. The Kier molecular flexibility index (Phi) is 4.67. The maximum Gasteiger partial charge on any atom is 0.261 e. The van der Waals surface area contributed by atoms with Gasteiger partial charge < -0.3 is 9.84 Å². The summed E-state index contributed by atoms with van der Waals surface area (Å²) in [7, 11) is 1.47. The molecule has 0 spiro atoms. The van der Waals surface area contributed by atoms with Gasteiger partial charge in [0.1, 0.15) is 12.1 Å². The second-order valence-electron chi connectivity index (χ2n) is 6.65. The van der Waals surface area contributed by atoms with Crippen LogP contribution >= 0.6 is 0 Å². The highest BCUT2D eigenvalue weighted by Gasteiger charge is 2.12. The summed E-state index contributed by atoms with van der Waals surface area (Å²) < 4.78 is 20.3. The molecule has 0 saturated carbocycles. The number of halogens is 1. The van der Waals surface area contributed by atoms with Crippen molar-refractivity contribution in [3.63, 3.8) is 0 Å². The average molecular weight is 392 g/mol. The molecular weight excluding hydrogens is 375 g/mol. The van der Waals surface area contributed by atoms with E-state index < -0.39 is 11.7 Å². The molecule has 2 aromatic heterocycles. The van der Waals surface area contributed by atoms with Crippen LogP contribution in [0.4, 0.5) is 4.39 Å². The smallest absolute Gasteiger partial charge is 0.261 e. The summed E-state index contributed by atoms with van der Waals surface area (Å²) in [6, 6.07) is 9.30. The van der Waals surface area contributed by atoms with E-state index in [0.29, 0.717) is 16.5 Å². The van der Waals surface area contributed by atoms with Crippen LogP contribution < -0.4 is 10.9 Å². The first kappa shape index (κ1) is 18.5. The number of nitrogens with one attached hydrogen (secondary N) is 1. The van der Waals surface area contributed by atoms with Crippen molar-refractivity contribution in [1.29, 1.82) is 0 Å². The summed E-state index contributed by atoms with van der Waals surface area (Å²) in [5.74, 6) is -0.942. The lowest BCUT2D eigenvalue weighted by Crippen LogP contribution is -2.22. The van der Waals surface area contributed by atoms with E-state index in [9.17, 15) is 14.0 Å². The van der Waals surface area contributed by atoms with Gasteiger partial charge in [-0.2, -0.15) is 0 Å². The minimum Gasteiger partial charge on any atom is -0.364 e. The molecule has 0 unspecified atom stereocenters. The van der Waals surface area contributed by atoms with Crippen LogP contribution in [0.2, 0.25) is 0 Å². The van der Waals surface area contributed by atoms with Gasteiger partial charge in [0.2, 0.25) is 0 Å². The lowest BCUT2D eigenvalue weighted by Gasteiger charge is -2.09. The zero-order valence-electron chi connectivity index (χ0n) is 15.8. The van der Waals surface area contributed by atoms with Crippen LogP contribution in [0.3, 0.4) is 0 Å². The fourth-order valence-electron chi connectivity index (χ4n) is 3.22. The molecular formula is C21H17FN4O3. The SMILES string of the molecule is CNC(=O)c1cc(F)cc(Cn2cnc3cc(-c4conc4C)ccc3c2=O)c1. The van der Waals surface area contributed by atoms with Gasteiger partial charge in [-0.15, -0.1) is 0 Å². The fourth-order valence-corrected chi connectivity index (χ4v) is 3.22. The Morgan fingerprint density at radius 2 is 2.07 bits per heavy atom. The maximum atomic E-state index is 13.9. The summed E-state index contributed by atoms with van der Waals surface area (Å²) >= 11 is 0. The number of carbonyl (C=O) groups excluding carboxylic acids is 1. The summed E-state index contributed by atoms with van der Waals surface area (Å²) in [5, 5.41) is 6.76. The maximum absolute atomic E-state index is 13.9. The van der Waals surface area contributed by atoms with Crippen LogP contribution in [-0.2, 0) is 6.54 Å². The minimum atomic E-state index is -0.545. The Morgan fingerprint density at radius 1 is 1.24 bits per heavy atom. The van der Waals surface area contributed by atoms with Gasteiger partial charge in [0.15, 0.2) is 0 Å². The van der Waals surface area contributed by atoms with Gasteiger partial charge in [-0.05, 0) is 48.4 Å². The normalized spacial score (nSPS) is 11.0. The molecule has 4 rings (SSSR count). The molecule has 2 aromatic carbocycles. The molecule has 1 N–H and O–H groups in total. The molecule has 4 aromatic rings. The second kappa shape index (κ2) is 7.31. The minimum absolute atomic E-state index is 0.0933. The van der Waals surface area contributed by atoms with Gasteiger partial charge in [-0.3, -0.25) is 14.2 Å². The number of fused-ring (bicyclic) bond motifs is 1. The van der Waals surface area contributed by atoms with Gasteiger partial charge >= 0.3 is 0 Å². The summed E-state index contributed by atoms with van der Waals surface area (Å²) in [6.45, 7) is 1.93. The predicted molar refractivity (Wildman–Crippen MR) is 105 cm³/mol. The van der Waals surface area contributed by atoms with E-state index in [-0.39, 0.29) is 17.7 Å². The first-order valence-corrected chi connectivity index (χ1v) is 8.88. The standard InChI is InChI=1S/C21H17FN4O3/c1-12-18(10-29-25-12)14-3-4-17-19(8-14)24-11-26(21(17)28)9-13-5-15(20(27)23-2)7-16(22)6-13/h3-8,10-11H,9H2,1-2H3,(H,23,27). The third-order valence-electron chi connectivity index (χ3n) is 4.69. The van der Waals surface area contributed by atoms with E-state index in [2.05, 4.69) is 15.5 Å². The van der Waals surface area contributed by atoms with E-state index in [1.54, 1.807) is 30.5 Å². The van der Waals surface area contributed by atoms with E-state index in [0.717, 1.165) is 22.9 Å². The fraction of sp³-hybridized carbons (Fsp3) is 0.143. The van der Waals surface area contributed by atoms with Crippen molar-refractivity contribution in [2.75, 3.05) is 7.05 Å². The number of hydrogen-bond acceptors (Lipinski definition) is 5. The van der Waals surface area contributed by atoms with Gasteiger partial charge in [-0.1, -0.05) is 11.2 Å².